The average Bonchev–Trinajstić information content (AvgIpc) is 2.67. The second-order valence-corrected chi connectivity index (χ2v) is 5.01. The molecule has 96 valence electrons. The van der Waals surface area contributed by atoms with E-state index in [1.807, 2.05) is 36.1 Å². The molecule has 0 saturated heterocycles. The molecule has 0 atom stereocenters. The molecule has 0 aliphatic carbocycles. The Morgan fingerprint density at radius 2 is 2.06 bits per heavy atom. The molecule has 18 heavy (non-hydrogen) atoms. The molecular formula is C13H15Cl2N3. The highest BCUT2D eigenvalue weighted by atomic mass is 35.5. The van der Waals surface area contributed by atoms with Crippen molar-refractivity contribution in [2.24, 2.45) is 0 Å². The maximum absolute atomic E-state index is 6.00. The summed E-state index contributed by atoms with van der Waals surface area (Å²) in [5, 5.41) is 8.66. The molecule has 0 radical (unpaired) electrons. The maximum Gasteiger partial charge on any atom is 0.0663 e. The Kier molecular flexibility index (Phi) is 4.27. The van der Waals surface area contributed by atoms with Crippen molar-refractivity contribution < 1.29 is 0 Å². The van der Waals surface area contributed by atoms with Gasteiger partial charge in [0.15, 0.2) is 0 Å². The number of rotatable bonds is 4. The minimum atomic E-state index is 0.577. The summed E-state index contributed by atoms with van der Waals surface area (Å²) in [5.41, 5.74) is 3.46. The molecule has 0 bridgehead atoms. The van der Waals surface area contributed by atoms with Gasteiger partial charge in [0, 0.05) is 17.8 Å². The Labute approximate surface area is 117 Å². The lowest BCUT2D eigenvalue weighted by molar-refractivity contribution is 0.662. The van der Waals surface area contributed by atoms with Crippen molar-refractivity contribution in [3.8, 4) is 0 Å². The molecule has 1 N–H and O–H groups in total. The van der Waals surface area contributed by atoms with E-state index in [0.29, 0.717) is 16.6 Å². The number of nitrogens with one attached hydrogen (secondary N) is 1. The molecule has 0 aliphatic heterocycles. The summed E-state index contributed by atoms with van der Waals surface area (Å²) in [7, 11) is 1.93. The predicted molar refractivity (Wildman–Crippen MR) is 75.3 cm³/mol. The monoisotopic (exact) mass is 283 g/mol. The number of nitrogens with zero attached hydrogens (tertiary/aromatic N) is 2. The van der Waals surface area contributed by atoms with E-state index < -0.39 is 0 Å². The summed E-state index contributed by atoms with van der Waals surface area (Å²) in [6.45, 7) is 3.59. The topological polar surface area (TPSA) is 29.9 Å². The van der Waals surface area contributed by atoms with Gasteiger partial charge < -0.3 is 5.32 Å². The Morgan fingerprint density at radius 3 is 2.72 bits per heavy atom. The van der Waals surface area contributed by atoms with E-state index in [4.69, 9.17) is 23.2 Å². The third kappa shape index (κ3) is 2.86. The smallest absolute Gasteiger partial charge is 0.0663 e. The van der Waals surface area contributed by atoms with E-state index in [1.54, 1.807) is 0 Å². The molecule has 1 heterocycles. The van der Waals surface area contributed by atoms with E-state index in [9.17, 15) is 0 Å². The van der Waals surface area contributed by atoms with Gasteiger partial charge in [-0.25, -0.2) is 0 Å². The molecule has 2 rings (SSSR count). The largest absolute Gasteiger partial charge is 0.316 e. The van der Waals surface area contributed by atoms with Gasteiger partial charge in [-0.1, -0.05) is 29.3 Å². The average molecular weight is 284 g/mol. The minimum absolute atomic E-state index is 0.577. The lowest BCUT2D eigenvalue weighted by Gasteiger charge is -2.07. The van der Waals surface area contributed by atoms with Gasteiger partial charge in [-0.3, -0.25) is 4.68 Å². The first-order chi connectivity index (χ1) is 8.61. The molecule has 2 aromatic rings. The van der Waals surface area contributed by atoms with Crippen molar-refractivity contribution >= 4 is 23.2 Å². The zero-order valence-electron chi connectivity index (χ0n) is 10.4. The van der Waals surface area contributed by atoms with Crippen LogP contribution >= 0.6 is 23.2 Å². The number of benzene rings is 1. The number of halogens is 2. The first kappa shape index (κ1) is 13.4. The summed E-state index contributed by atoms with van der Waals surface area (Å²) in [5.74, 6) is 0. The van der Waals surface area contributed by atoms with Crippen LogP contribution in [0.25, 0.3) is 0 Å². The fourth-order valence-corrected chi connectivity index (χ4v) is 2.14. The van der Waals surface area contributed by atoms with Gasteiger partial charge in [0.25, 0.3) is 0 Å². The Hall–Kier alpha value is -1.03. The van der Waals surface area contributed by atoms with Gasteiger partial charge in [-0.15, -0.1) is 0 Å². The third-order valence-corrected chi connectivity index (χ3v) is 3.63. The Morgan fingerprint density at radius 1 is 1.28 bits per heavy atom. The Balaban J connectivity index is 2.20. The summed E-state index contributed by atoms with van der Waals surface area (Å²) in [6, 6.07) is 5.66. The van der Waals surface area contributed by atoms with Crippen LogP contribution in [0.5, 0.6) is 0 Å². The van der Waals surface area contributed by atoms with Crippen molar-refractivity contribution in [1.82, 2.24) is 15.1 Å². The van der Waals surface area contributed by atoms with Crippen molar-refractivity contribution in [2.75, 3.05) is 7.05 Å². The van der Waals surface area contributed by atoms with E-state index in [0.717, 1.165) is 17.8 Å². The van der Waals surface area contributed by atoms with E-state index in [-0.39, 0.29) is 0 Å². The maximum atomic E-state index is 6.00. The normalized spacial score (nSPS) is 10.9. The molecule has 0 amide bonds. The van der Waals surface area contributed by atoms with Gasteiger partial charge >= 0.3 is 0 Å². The lowest BCUT2D eigenvalue weighted by Crippen LogP contribution is -2.08. The lowest BCUT2D eigenvalue weighted by atomic mass is 10.2. The van der Waals surface area contributed by atoms with Crippen LogP contribution in [0.4, 0.5) is 0 Å². The number of hydrogen-bond acceptors (Lipinski definition) is 2. The van der Waals surface area contributed by atoms with Crippen LogP contribution in [0.15, 0.2) is 24.4 Å². The van der Waals surface area contributed by atoms with Crippen LogP contribution in [0.2, 0.25) is 10.0 Å². The molecule has 0 saturated carbocycles. The van der Waals surface area contributed by atoms with E-state index in [1.165, 1.54) is 5.56 Å². The van der Waals surface area contributed by atoms with Crippen molar-refractivity contribution in [3.05, 3.63) is 51.3 Å². The fourth-order valence-electron chi connectivity index (χ4n) is 1.82. The summed E-state index contributed by atoms with van der Waals surface area (Å²) in [4.78, 5) is 0. The van der Waals surface area contributed by atoms with Gasteiger partial charge in [0.2, 0.25) is 0 Å². The first-order valence-corrected chi connectivity index (χ1v) is 6.47. The third-order valence-electron chi connectivity index (χ3n) is 2.89. The fraction of sp³-hybridized carbons (Fsp3) is 0.308. The van der Waals surface area contributed by atoms with Crippen LogP contribution in [0, 0.1) is 6.92 Å². The highest BCUT2D eigenvalue weighted by Crippen LogP contribution is 2.23. The summed E-state index contributed by atoms with van der Waals surface area (Å²) < 4.78 is 1.96. The zero-order valence-corrected chi connectivity index (χ0v) is 11.9. The van der Waals surface area contributed by atoms with E-state index in [2.05, 4.69) is 17.3 Å². The summed E-state index contributed by atoms with van der Waals surface area (Å²) in [6.07, 6.45) is 1.89. The second-order valence-electron chi connectivity index (χ2n) is 4.19. The van der Waals surface area contributed by atoms with Gasteiger partial charge in [-0.2, -0.15) is 5.10 Å². The van der Waals surface area contributed by atoms with Crippen LogP contribution < -0.4 is 5.32 Å². The molecule has 0 unspecified atom stereocenters. The SMILES string of the molecule is CNCc1cnn(Cc2ccc(Cl)c(Cl)c2)c1C. The predicted octanol–water partition coefficient (Wildman–Crippen LogP) is 3.27. The highest BCUT2D eigenvalue weighted by Gasteiger charge is 2.07. The first-order valence-electron chi connectivity index (χ1n) is 5.71. The molecule has 3 nitrogen and oxygen atoms in total. The van der Waals surface area contributed by atoms with Crippen LogP contribution in [-0.2, 0) is 13.1 Å². The molecule has 1 aromatic heterocycles. The highest BCUT2D eigenvalue weighted by molar-refractivity contribution is 6.42. The molecule has 1 aromatic carbocycles. The summed E-state index contributed by atoms with van der Waals surface area (Å²) >= 11 is 11.9. The molecule has 0 fully saturated rings. The Bertz CT molecular complexity index is 549. The number of aromatic nitrogens is 2. The standard InChI is InChI=1S/C13H15Cl2N3/c1-9-11(6-16-2)7-17-18(9)8-10-3-4-12(14)13(15)5-10/h3-5,7,16H,6,8H2,1-2H3. The minimum Gasteiger partial charge on any atom is -0.316 e. The zero-order chi connectivity index (χ0) is 13.1. The molecular weight excluding hydrogens is 269 g/mol. The van der Waals surface area contributed by atoms with Gasteiger partial charge in [-0.05, 0) is 31.7 Å². The van der Waals surface area contributed by atoms with Crippen molar-refractivity contribution in [2.45, 2.75) is 20.0 Å². The quantitative estimate of drug-likeness (QED) is 0.933. The molecule has 0 spiro atoms. The van der Waals surface area contributed by atoms with Gasteiger partial charge in [0.1, 0.15) is 0 Å². The van der Waals surface area contributed by atoms with Crippen molar-refractivity contribution in [1.29, 1.82) is 0 Å². The van der Waals surface area contributed by atoms with Crippen LogP contribution in [0.1, 0.15) is 16.8 Å². The van der Waals surface area contributed by atoms with Crippen LogP contribution in [-0.4, -0.2) is 16.8 Å². The van der Waals surface area contributed by atoms with Crippen molar-refractivity contribution in [3.63, 3.8) is 0 Å². The second kappa shape index (κ2) is 5.74. The molecule has 5 heteroatoms. The van der Waals surface area contributed by atoms with Gasteiger partial charge in [0.05, 0.1) is 22.8 Å². The number of hydrogen-bond donors (Lipinski definition) is 1. The van der Waals surface area contributed by atoms with Crippen LogP contribution in [0.3, 0.4) is 0 Å². The molecule has 0 aliphatic rings. The van der Waals surface area contributed by atoms with E-state index >= 15 is 0 Å².